The van der Waals surface area contributed by atoms with E-state index in [2.05, 4.69) is 6.92 Å². The normalized spacial score (nSPS) is 12.1. The Balaban J connectivity index is 2.09. The van der Waals surface area contributed by atoms with Crippen LogP contribution in [0.3, 0.4) is 0 Å². The molecule has 1 aromatic carbocycles. The molecule has 5 nitrogen and oxygen atoms in total. The standard InChI is InChI=1S/C19H30ClNO4S/c1-3-4-5-6-7-8-9-10-11-12-19(22)21(2)24-25-26(23)18-15-13-17(20)14-16-18/h13-16H,3-12H2,1-2H3. The van der Waals surface area contributed by atoms with Crippen molar-refractivity contribution in [3.63, 3.8) is 0 Å². The van der Waals surface area contributed by atoms with Gasteiger partial charge in [-0.2, -0.15) is 5.06 Å². The highest BCUT2D eigenvalue weighted by atomic mass is 35.5. The van der Waals surface area contributed by atoms with E-state index in [1.54, 1.807) is 24.3 Å². The van der Waals surface area contributed by atoms with Gasteiger partial charge in [0.1, 0.15) is 0 Å². The third-order valence-corrected chi connectivity index (χ3v) is 5.15. The van der Waals surface area contributed by atoms with Crippen molar-refractivity contribution in [1.82, 2.24) is 5.06 Å². The van der Waals surface area contributed by atoms with Gasteiger partial charge in [0.15, 0.2) is 0 Å². The first kappa shape index (κ1) is 23.1. The van der Waals surface area contributed by atoms with Gasteiger partial charge < -0.3 is 0 Å². The van der Waals surface area contributed by atoms with E-state index in [1.165, 1.54) is 45.6 Å². The van der Waals surface area contributed by atoms with Crippen LogP contribution in [0.5, 0.6) is 0 Å². The molecule has 0 N–H and O–H groups in total. The molecule has 1 aromatic rings. The lowest BCUT2D eigenvalue weighted by Crippen LogP contribution is -2.27. The fourth-order valence-electron chi connectivity index (χ4n) is 2.44. The zero-order valence-corrected chi connectivity index (χ0v) is 17.3. The Morgan fingerprint density at radius 3 is 2.12 bits per heavy atom. The number of amides is 1. The molecule has 0 aliphatic rings. The number of hydrogen-bond acceptors (Lipinski definition) is 4. The monoisotopic (exact) mass is 403 g/mol. The number of halogens is 1. The number of hydrogen-bond donors (Lipinski definition) is 0. The maximum Gasteiger partial charge on any atom is 0.248 e. The predicted molar refractivity (Wildman–Crippen MR) is 105 cm³/mol. The molecular formula is C19H30ClNO4S. The highest BCUT2D eigenvalue weighted by molar-refractivity contribution is 7.80. The van der Waals surface area contributed by atoms with Gasteiger partial charge in [-0.1, -0.05) is 74.9 Å². The van der Waals surface area contributed by atoms with Crippen LogP contribution in [-0.2, 0) is 25.2 Å². The second-order valence-electron chi connectivity index (χ2n) is 6.30. The first-order chi connectivity index (χ1) is 12.5. The van der Waals surface area contributed by atoms with Crippen LogP contribution in [0.2, 0.25) is 5.02 Å². The van der Waals surface area contributed by atoms with Gasteiger partial charge in [-0.25, -0.2) is 4.21 Å². The van der Waals surface area contributed by atoms with Crippen molar-refractivity contribution in [1.29, 1.82) is 0 Å². The summed E-state index contributed by atoms with van der Waals surface area (Å²) in [5.74, 6) is -0.193. The van der Waals surface area contributed by atoms with Crippen molar-refractivity contribution >= 4 is 28.6 Å². The van der Waals surface area contributed by atoms with Crippen LogP contribution in [-0.4, -0.2) is 22.2 Å². The number of carbonyl (C=O) groups is 1. The molecule has 0 spiro atoms. The molecule has 0 aromatic heterocycles. The zero-order chi connectivity index (χ0) is 19.2. The Labute approximate surface area is 164 Å². The highest BCUT2D eigenvalue weighted by Crippen LogP contribution is 2.14. The molecule has 0 bridgehead atoms. The Bertz CT molecular complexity index is 539. The van der Waals surface area contributed by atoms with Gasteiger partial charge >= 0.3 is 0 Å². The number of hydroxylamine groups is 2. The van der Waals surface area contributed by atoms with E-state index < -0.39 is 11.1 Å². The molecule has 0 saturated carbocycles. The van der Waals surface area contributed by atoms with Gasteiger partial charge in [0.05, 0.1) is 4.90 Å². The molecule has 7 heteroatoms. The average Bonchev–Trinajstić information content (AvgIpc) is 2.64. The lowest BCUT2D eigenvalue weighted by Gasteiger charge is -2.14. The van der Waals surface area contributed by atoms with Crippen LogP contribution >= 0.6 is 11.6 Å². The van der Waals surface area contributed by atoms with Crippen LogP contribution in [0.1, 0.15) is 71.1 Å². The largest absolute Gasteiger partial charge is 0.273 e. The fourth-order valence-corrected chi connectivity index (χ4v) is 3.15. The van der Waals surface area contributed by atoms with Gasteiger partial charge in [0.2, 0.25) is 17.0 Å². The van der Waals surface area contributed by atoms with E-state index in [0.29, 0.717) is 16.3 Å². The van der Waals surface area contributed by atoms with Gasteiger partial charge in [-0.15, -0.1) is 4.33 Å². The van der Waals surface area contributed by atoms with Crippen molar-refractivity contribution < 1.29 is 18.3 Å². The second kappa shape index (κ2) is 14.2. The molecule has 0 aliphatic heterocycles. The van der Waals surface area contributed by atoms with Crippen molar-refractivity contribution in [2.75, 3.05) is 7.05 Å². The lowest BCUT2D eigenvalue weighted by atomic mass is 10.1. The van der Waals surface area contributed by atoms with Crippen molar-refractivity contribution in [3.05, 3.63) is 29.3 Å². The molecule has 26 heavy (non-hydrogen) atoms. The van der Waals surface area contributed by atoms with Crippen LogP contribution in [0.4, 0.5) is 0 Å². The number of unbranched alkanes of at least 4 members (excludes halogenated alkanes) is 8. The maximum absolute atomic E-state index is 11.9. The Hall–Kier alpha value is -0.950. The summed E-state index contributed by atoms with van der Waals surface area (Å²) in [6.07, 6.45) is 11.1. The quantitative estimate of drug-likeness (QED) is 0.230. The van der Waals surface area contributed by atoms with E-state index in [4.69, 9.17) is 20.9 Å². The molecule has 1 unspecified atom stereocenters. The summed E-state index contributed by atoms with van der Waals surface area (Å²) < 4.78 is 16.7. The molecule has 0 aliphatic carbocycles. The molecular weight excluding hydrogens is 374 g/mol. The maximum atomic E-state index is 11.9. The van der Waals surface area contributed by atoms with Crippen molar-refractivity contribution in [2.24, 2.45) is 0 Å². The van der Waals surface area contributed by atoms with E-state index in [1.807, 2.05) is 0 Å². The molecule has 0 radical (unpaired) electrons. The summed E-state index contributed by atoms with van der Waals surface area (Å²) in [5, 5.41) is 1.53. The molecule has 0 saturated heterocycles. The topological polar surface area (TPSA) is 55.8 Å². The van der Waals surface area contributed by atoms with E-state index in [0.717, 1.165) is 24.3 Å². The van der Waals surface area contributed by atoms with Crippen LogP contribution in [0.25, 0.3) is 0 Å². The smallest absolute Gasteiger partial charge is 0.248 e. The van der Waals surface area contributed by atoms with E-state index in [9.17, 15) is 9.00 Å². The summed E-state index contributed by atoms with van der Waals surface area (Å²) in [6, 6.07) is 6.37. The Morgan fingerprint density at radius 2 is 1.54 bits per heavy atom. The van der Waals surface area contributed by atoms with Gasteiger partial charge in [-0.05, 0) is 30.7 Å². The lowest BCUT2D eigenvalue weighted by molar-refractivity contribution is -0.337. The summed E-state index contributed by atoms with van der Waals surface area (Å²) in [6.45, 7) is 2.22. The fraction of sp³-hybridized carbons (Fsp3) is 0.632. The number of benzene rings is 1. The van der Waals surface area contributed by atoms with Crippen LogP contribution < -0.4 is 0 Å². The Morgan fingerprint density at radius 1 is 1.00 bits per heavy atom. The molecule has 0 fully saturated rings. The van der Waals surface area contributed by atoms with Crippen LogP contribution in [0.15, 0.2) is 29.2 Å². The average molecular weight is 404 g/mol. The highest BCUT2D eigenvalue weighted by Gasteiger charge is 2.13. The van der Waals surface area contributed by atoms with Crippen molar-refractivity contribution in [2.45, 2.75) is 76.0 Å². The Kier molecular flexibility index (Phi) is 12.6. The minimum absolute atomic E-state index is 0.193. The van der Waals surface area contributed by atoms with Crippen molar-refractivity contribution in [3.8, 4) is 0 Å². The van der Waals surface area contributed by atoms with Gasteiger partial charge in [0.25, 0.3) is 0 Å². The number of rotatable bonds is 14. The third kappa shape index (κ3) is 10.3. The first-order valence-corrected chi connectivity index (χ1v) is 10.8. The zero-order valence-electron chi connectivity index (χ0n) is 15.7. The number of nitrogens with zero attached hydrogens (tertiary/aromatic N) is 1. The van der Waals surface area contributed by atoms with Gasteiger partial charge in [-0.3, -0.25) is 4.79 Å². The summed E-state index contributed by atoms with van der Waals surface area (Å²) in [7, 11) is 1.45. The minimum atomic E-state index is -1.82. The second-order valence-corrected chi connectivity index (χ2v) is 7.81. The first-order valence-electron chi connectivity index (χ1n) is 9.33. The molecule has 0 heterocycles. The minimum Gasteiger partial charge on any atom is -0.273 e. The van der Waals surface area contributed by atoms with Gasteiger partial charge in [0, 0.05) is 18.5 Å². The number of carbonyl (C=O) groups excluding carboxylic acids is 1. The SMILES string of the molecule is CCCCCCCCCCCC(=O)N(C)OOS(=O)c1ccc(Cl)cc1. The van der Waals surface area contributed by atoms with E-state index >= 15 is 0 Å². The predicted octanol–water partition coefficient (Wildman–Crippen LogP) is 5.61. The molecule has 148 valence electrons. The van der Waals surface area contributed by atoms with Crippen LogP contribution in [0, 0.1) is 0 Å². The molecule has 1 amide bonds. The summed E-state index contributed by atoms with van der Waals surface area (Å²) in [4.78, 5) is 17.2. The molecule has 1 rings (SSSR count). The molecule has 1 atom stereocenters. The van der Waals surface area contributed by atoms with E-state index in [-0.39, 0.29) is 5.91 Å². The summed E-state index contributed by atoms with van der Waals surface area (Å²) in [5.41, 5.74) is 0. The summed E-state index contributed by atoms with van der Waals surface area (Å²) >= 11 is 3.95. The third-order valence-electron chi connectivity index (χ3n) is 4.06.